The van der Waals surface area contributed by atoms with Gasteiger partial charge >= 0.3 is 12.1 Å². The lowest BCUT2D eigenvalue weighted by Gasteiger charge is -2.14. The molecule has 0 aromatic heterocycles. The highest BCUT2D eigenvalue weighted by molar-refractivity contribution is 5.92. The number of esters is 1. The predicted octanol–water partition coefficient (Wildman–Crippen LogP) is 1.34. The first-order chi connectivity index (χ1) is 11.1. The first-order valence-electron chi connectivity index (χ1n) is 6.92. The quantitative estimate of drug-likeness (QED) is 0.841. The van der Waals surface area contributed by atoms with Gasteiger partial charge in [-0.05, 0) is 12.1 Å². The van der Waals surface area contributed by atoms with Gasteiger partial charge in [-0.3, -0.25) is 4.90 Å². The molecule has 8 heteroatoms. The fourth-order valence-electron chi connectivity index (χ4n) is 2.46. The van der Waals surface area contributed by atoms with E-state index in [1.807, 2.05) is 0 Å². The third-order valence-electron chi connectivity index (χ3n) is 3.59. The van der Waals surface area contributed by atoms with E-state index in [0.717, 1.165) is 5.69 Å². The van der Waals surface area contributed by atoms with Gasteiger partial charge in [-0.15, -0.1) is 0 Å². The van der Waals surface area contributed by atoms with Crippen molar-refractivity contribution in [3.63, 3.8) is 0 Å². The van der Waals surface area contributed by atoms with Gasteiger partial charge in [-0.25, -0.2) is 9.59 Å². The summed E-state index contributed by atoms with van der Waals surface area (Å²) in [7, 11) is 2.59. The Labute approximate surface area is 132 Å². The summed E-state index contributed by atoms with van der Waals surface area (Å²) in [6.07, 6.45) is -0.506. The molecule has 0 aliphatic carbocycles. The number of fused-ring (bicyclic) bond motifs is 1. The van der Waals surface area contributed by atoms with Crippen molar-refractivity contribution in [3.8, 4) is 11.5 Å². The second-order valence-electron chi connectivity index (χ2n) is 4.97. The van der Waals surface area contributed by atoms with E-state index in [-0.39, 0.29) is 19.9 Å². The van der Waals surface area contributed by atoms with Crippen LogP contribution in [0.25, 0.3) is 0 Å². The molecule has 0 bridgehead atoms. The van der Waals surface area contributed by atoms with Crippen molar-refractivity contribution in [2.24, 2.45) is 0 Å². The highest BCUT2D eigenvalue weighted by atomic mass is 16.7. The zero-order valence-electron chi connectivity index (χ0n) is 12.8. The number of ether oxygens (including phenoxy) is 4. The maximum atomic E-state index is 11.9. The van der Waals surface area contributed by atoms with Gasteiger partial charge in [0.25, 0.3) is 0 Å². The number of benzene rings is 1. The molecule has 0 radical (unpaired) electrons. The lowest BCUT2D eigenvalue weighted by Crippen LogP contribution is -2.30. The van der Waals surface area contributed by atoms with Gasteiger partial charge < -0.3 is 24.3 Å². The molecule has 122 valence electrons. The highest BCUT2D eigenvalue weighted by Crippen LogP contribution is 2.35. The van der Waals surface area contributed by atoms with Gasteiger partial charge in [0.2, 0.25) is 6.79 Å². The van der Waals surface area contributed by atoms with E-state index in [1.54, 1.807) is 18.2 Å². The van der Waals surface area contributed by atoms with Crippen LogP contribution >= 0.6 is 0 Å². The number of amides is 1. The van der Waals surface area contributed by atoms with Gasteiger partial charge in [0.15, 0.2) is 11.5 Å². The molecular weight excluding hydrogens is 304 g/mol. The van der Waals surface area contributed by atoms with Gasteiger partial charge in [-0.2, -0.15) is 0 Å². The molecule has 2 heterocycles. The molecule has 0 saturated carbocycles. The summed E-state index contributed by atoms with van der Waals surface area (Å²) >= 11 is 0. The standard InChI is InChI=1S/C15H16N2O6/c1-20-14(18)10-6-17(15(19)21-2)7-11(10)16-9-3-4-12-13(5-9)23-8-22-12/h3-5,16H,6-8H2,1-2H3. The van der Waals surface area contributed by atoms with E-state index in [2.05, 4.69) is 5.32 Å². The molecule has 1 amide bonds. The summed E-state index contributed by atoms with van der Waals surface area (Å²) in [5.74, 6) is 0.804. The normalized spacial score (nSPS) is 15.7. The lowest BCUT2D eigenvalue weighted by molar-refractivity contribution is -0.136. The first-order valence-corrected chi connectivity index (χ1v) is 6.92. The Morgan fingerprint density at radius 2 is 1.91 bits per heavy atom. The largest absolute Gasteiger partial charge is 0.466 e. The minimum Gasteiger partial charge on any atom is -0.466 e. The third-order valence-corrected chi connectivity index (χ3v) is 3.59. The van der Waals surface area contributed by atoms with Crippen molar-refractivity contribution in [1.29, 1.82) is 0 Å². The average Bonchev–Trinajstić information content (AvgIpc) is 3.19. The number of nitrogens with one attached hydrogen (secondary N) is 1. The monoisotopic (exact) mass is 320 g/mol. The Hall–Kier alpha value is -2.90. The third kappa shape index (κ3) is 2.87. The number of hydrogen-bond donors (Lipinski definition) is 1. The molecule has 0 unspecified atom stereocenters. The fraction of sp³-hybridized carbons (Fsp3) is 0.333. The van der Waals surface area contributed by atoms with Crippen molar-refractivity contribution in [1.82, 2.24) is 4.90 Å². The summed E-state index contributed by atoms with van der Waals surface area (Å²) < 4.78 is 20.1. The van der Waals surface area contributed by atoms with E-state index in [0.29, 0.717) is 22.8 Å². The number of anilines is 1. The Bertz CT molecular complexity index is 685. The Morgan fingerprint density at radius 3 is 2.65 bits per heavy atom. The van der Waals surface area contributed by atoms with E-state index in [9.17, 15) is 9.59 Å². The number of methoxy groups -OCH3 is 2. The van der Waals surface area contributed by atoms with Crippen molar-refractivity contribution < 1.29 is 28.5 Å². The number of nitrogens with zero attached hydrogens (tertiary/aromatic N) is 1. The van der Waals surface area contributed by atoms with Gasteiger partial charge in [0, 0.05) is 17.5 Å². The molecule has 1 N–H and O–H groups in total. The molecule has 3 rings (SSSR count). The Morgan fingerprint density at radius 1 is 1.13 bits per heavy atom. The maximum absolute atomic E-state index is 11.9. The van der Waals surface area contributed by atoms with Gasteiger partial charge in [0.1, 0.15) is 0 Å². The van der Waals surface area contributed by atoms with Crippen LogP contribution in [0.1, 0.15) is 0 Å². The second-order valence-corrected chi connectivity index (χ2v) is 4.97. The molecule has 8 nitrogen and oxygen atoms in total. The Balaban J connectivity index is 1.82. The molecule has 2 aliphatic heterocycles. The van der Waals surface area contributed by atoms with Crippen LogP contribution in [0.15, 0.2) is 29.5 Å². The molecule has 0 atom stereocenters. The van der Waals surface area contributed by atoms with Crippen molar-refractivity contribution in [2.45, 2.75) is 0 Å². The zero-order chi connectivity index (χ0) is 16.4. The minimum atomic E-state index is -0.506. The summed E-state index contributed by atoms with van der Waals surface area (Å²) in [6, 6.07) is 5.34. The van der Waals surface area contributed by atoms with Crippen LogP contribution in [0.2, 0.25) is 0 Å². The van der Waals surface area contributed by atoms with E-state index in [4.69, 9.17) is 18.9 Å². The molecule has 0 saturated heterocycles. The molecule has 23 heavy (non-hydrogen) atoms. The fourth-order valence-corrected chi connectivity index (χ4v) is 2.46. The maximum Gasteiger partial charge on any atom is 0.410 e. The SMILES string of the molecule is COC(=O)C1=C(Nc2ccc3c(c2)OCO3)CN(C(=O)OC)C1. The molecule has 0 fully saturated rings. The van der Waals surface area contributed by atoms with E-state index < -0.39 is 12.1 Å². The number of hydrogen-bond acceptors (Lipinski definition) is 7. The molecule has 1 aromatic carbocycles. The number of carbonyl (C=O) groups is 2. The lowest BCUT2D eigenvalue weighted by atomic mass is 10.2. The molecular formula is C15H16N2O6. The molecule has 2 aliphatic rings. The summed E-state index contributed by atoms with van der Waals surface area (Å²) in [5, 5.41) is 3.14. The van der Waals surface area contributed by atoms with Crippen LogP contribution in [-0.2, 0) is 14.3 Å². The molecule has 0 spiro atoms. The average molecular weight is 320 g/mol. The molecule has 1 aromatic rings. The number of carbonyl (C=O) groups excluding carboxylic acids is 2. The van der Waals surface area contributed by atoms with Crippen molar-refractivity contribution >= 4 is 17.7 Å². The topological polar surface area (TPSA) is 86.3 Å². The van der Waals surface area contributed by atoms with E-state index in [1.165, 1.54) is 19.1 Å². The highest BCUT2D eigenvalue weighted by Gasteiger charge is 2.31. The van der Waals surface area contributed by atoms with Crippen LogP contribution in [-0.4, -0.2) is 51.1 Å². The first kappa shape index (κ1) is 15.0. The summed E-state index contributed by atoms with van der Waals surface area (Å²) in [5.41, 5.74) is 1.69. The second kappa shape index (κ2) is 6.07. The van der Waals surface area contributed by atoms with Crippen LogP contribution in [0.5, 0.6) is 11.5 Å². The van der Waals surface area contributed by atoms with Crippen LogP contribution < -0.4 is 14.8 Å². The van der Waals surface area contributed by atoms with Crippen LogP contribution in [0.3, 0.4) is 0 Å². The van der Waals surface area contributed by atoms with E-state index >= 15 is 0 Å². The van der Waals surface area contributed by atoms with Gasteiger partial charge in [-0.1, -0.05) is 0 Å². The summed E-state index contributed by atoms with van der Waals surface area (Å²) in [4.78, 5) is 25.0. The zero-order valence-corrected chi connectivity index (χ0v) is 12.8. The Kier molecular flexibility index (Phi) is 3.96. The van der Waals surface area contributed by atoms with Gasteiger partial charge in [0.05, 0.1) is 32.9 Å². The summed E-state index contributed by atoms with van der Waals surface area (Å²) in [6.45, 7) is 0.544. The van der Waals surface area contributed by atoms with Crippen LogP contribution in [0.4, 0.5) is 10.5 Å². The van der Waals surface area contributed by atoms with Crippen LogP contribution in [0, 0.1) is 0 Å². The van der Waals surface area contributed by atoms with Crippen molar-refractivity contribution in [3.05, 3.63) is 29.5 Å². The number of rotatable bonds is 3. The smallest absolute Gasteiger partial charge is 0.410 e. The van der Waals surface area contributed by atoms with Crippen molar-refractivity contribution in [2.75, 3.05) is 39.4 Å². The minimum absolute atomic E-state index is 0.131. The predicted molar refractivity (Wildman–Crippen MR) is 79.2 cm³/mol.